The first-order valence-electron chi connectivity index (χ1n) is 8.68. The Balaban J connectivity index is 2.69. The molecule has 10 heteroatoms. The molecule has 1 aliphatic rings. The van der Waals surface area contributed by atoms with E-state index in [0.717, 1.165) is 0 Å². The molecule has 160 valence electrons. The van der Waals surface area contributed by atoms with E-state index < -0.39 is 47.6 Å². The largest absolute Gasteiger partial charge is 0.462 e. The third-order valence-corrected chi connectivity index (χ3v) is 5.27. The van der Waals surface area contributed by atoms with Crippen molar-refractivity contribution in [3.8, 4) is 0 Å². The van der Waals surface area contributed by atoms with Gasteiger partial charge in [0.2, 0.25) is 0 Å². The Morgan fingerprint density at radius 1 is 1.07 bits per heavy atom. The average molecular weight is 408 g/mol. The van der Waals surface area contributed by atoms with Gasteiger partial charge in [-0.3, -0.25) is 4.79 Å². The molecule has 0 aromatic rings. The van der Waals surface area contributed by atoms with Crippen molar-refractivity contribution in [3.05, 3.63) is 0 Å². The number of alkyl halides is 6. The lowest BCUT2D eigenvalue weighted by molar-refractivity contribution is -0.383. The minimum absolute atomic E-state index is 0.100. The summed E-state index contributed by atoms with van der Waals surface area (Å²) in [4.78, 5) is 12.1. The number of ether oxygens (including phenoxy) is 2. The number of carbonyl (C=O) groups excluding carboxylic acids is 1. The minimum Gasteiger partial charge on any atom is -0.462 e. The summed E-state index contributed by atoms with van der Waals surface area (Å²) in [6.45, 7) is 4.72. The van der Waals surface area contributed by atoms with E-state index in [2.05, 4.69) is 0 Å². The van der Waals surface area contributed by atoms with E-state index >= 15 is 0 Å². The third-order valence-electron chi connectivity index (χ3n) is 5.27. The summed E-state index contributed by atoms with van der Waals surface area (Å²) in [6.07, 6.45) is -11.0. The molecule has 0 aromatic carbocycles. The van der Waals surface area contributed by atoms with Crippen molar-refractivity contribution in [2.45, 2.75) is 89.5 Å². The maximum absolute atomic E-state index is 12.7. The number of halogens is 6. The molecule has 4 nitrogen and oxygen atoms in total. The first-order valence-corrected chi connectivity index (χ1v) is 8.68. The topological polar surface area (TPSA) is 55.8 Å². The molecule has 1 N–H and O–H groups in total. The highest BCUT2D eigenvalue weighted by Gasteiger charge is 2.71. The molecule has 1 aliphatic carbocycles. The molecule has 1 saturated carbocycles. The molecular formula is C17H26F6O4. The standard InChI is InChI=1S/C17H26F6O4/c1-5-13(2,3)12(24)27-11-6-8-14(4,9-7-11)26-10-15(25,16(18,19)20)17(21,22)23/h11,25H,5-10H2,1-4H3. The molecular weight excluding hydrogens is 382 g/mol. The SMILES string of the molecule is CCC(C)(C)C(=O)OC1CCC(C)(OCC(O)(C(F)(F)F)C(F)(F)F)CC1. The number of esters is 1. The van der Waals surface area contributed by atoms with Crippen LogP contribution in [0.4, 0.5) is 26.3 Å². The van der Waals surface area contributed by atoms with Crippen LogP contribution in [-0.2, 0) is 14.3 Å². The molecule has 1 fully saturated rings. The monoisotopic (exact) mass is 408 g/mol. The molecule has 0 spiro atoms. The highest BCUT2D eigenvalue weighted by Crippen LogP contribution is 2.45. The van der Waals surface area contributed by atoms with Gasteiger partial charge < -0.3 is 14.6 Å². The molecule has 0 radical (unpaired) electrons. The van der Waals surface area contributed by atoms with Crippen molar-refractivity contribution in [1.82, 2.24) is 0 Å². The van der Waals surface area contributed by atoms with Crippen LogP contribution in [0, 0.1) is 5.41 Å². The smallest absolute Gasteiger partial charge is 0.428 e. The first kappa shape index (κ1) is 24.0. The highest BCUT2D eigenvalue weighted by atomic mass is 19.4. The van der Waals surface area contributed by atoms with E-state index in [1.165, 1.54) is 6.92 Å². The van der Waals surface area contributed by atoms with Gasteiger partial charge in [0.1, 0.15) is 6.10 Å². The molecule has 0 atom stereocenters. The van der Waals surface area contributed by atoms with Gasteiger partial charge in [-0.05, 0) is 52.9 Å². The quantitative estimate of drug-likeness (QED) is 0.518. The summed E-state index contributed by atoms with van der Waals surface area (Å²) in [6, 6.07) is 0. The van der Waals surface area contributed by atoms with E-state index in [1.54, 1.807) is 13.8 Å². The molecule has 0 bridgehead atoms. The average Bonchev–Trinajstić information content (AvgIpc) is 2.52. The second kappa shape index (κ2) is 7.77. The van der Waals surface area contributed by atoms with Crippen molar-refractivity contribution < 1.29 is 45.7 Å². The number of carbonyl (C=O) groups is 1. The van der Waals surface area contributed by atoms with Crippen LogP contribution in [0.1, 0.15) is 59.8 Å². The van der Waals surface area contributed by atoms with Gasteiger partial charge in [0.15, 0.2) is 0 Å². The number of rotatable bonds is 6. The van der Waals surface area contributed by atoms with Crippen LogP contribution in [0.2, 0.25) is 0 Å². The molecule has 0 amide bonds. The van der Waals surface area contributed by atoms with E-state index in [-0.39, 0.29) is 25.7 Å². The fourth-order valence-corrected chi connectivity index (χ4v) is 2.52. The van der Waals surface area contributed by atoms with Gasteiger partial charge in [0.05, 0.1) is 17.6 Å². The summed E-state index contributed by atoms with van der Waals surface area (Å²) >= 11 is 0. The summed E-state index contributed by atoms with van der Waals surface area (Å²) in [7, 11) is 0. The Hall–Kier alpha value is -1.03. The Morgan fingerprint density at radius 2 is 1.52 bits per heavy atom. The molecule has 1 rings (SSSR count). The van der Waals surface area contributed by atoms with Crippen molar-refractivity contribution in [2.24, 2.45) is 5.41 Å². The predicted octanol–water partition coefficient (Wildman–Crippen LogP) is 4.54. The van der Waals surface area contributed by atoms with E-state index in [1.807, 2.05) is 6.92 Å². The second-order valence-corrected chi connectivity index (χ2v) is 7.94. The van der Waals surface area contributed by atoms with Gasteiger partial charge in [-0.2, -0.15) is 26.3 Å². The van der Waals surface area contributed by atoms with Gasteiger partial charge in [-0.25, -0.2) is 0 Å². The van der Waals surface area contributed by atoms with E-state index in [0.29, 0.717) is 6.42 Å². The third kappa shape index (κ3) is 5.49. The van der Waals surface area contributed by atoms with Crippen LogP contribution in [0.25, 0.3) is 0 Å². The normalized spacial score (nSPS) is 25.4. The van der Waals surface area contributed by atoms with Crippen LogP contribution in [-0.4, -0.2) is 47.3 Å². The van der Waals surface area contributed by atoms with Crippen molar-refractivity contribution >= 4 is 5.97 Å². The lowest BCUT2D eigenvalue weighted by Gasteiger charge is -2.40. The minimum atomic E-state index is -5.92. The van der Waals surface area contributed by atoms with Gasteiger partial charge in [0.25, 0.3) is 5.60 Å². The Kier molecular flexibility index (Phi) is 6.91. The Labute approximate surface area is 154 Å². The first-order chi connectivity index (χ1) is 12.0. The molecule has 0 unspecified atom stereocenters. The van der Waals surface area contributed by atoms with Crippen LogP contribution in [0.3, 0.4) is 0 Å². The lowest BCUT2D eigenvalue weighted by Crippen LogP contribution is -2.61. The lowest BCUT2D eigenvalue weighted by atomic mass is 9.84. The van der Waals surface area contributed by atoms with E-state index in [4.69, 9.17) is 9.47 Å². The molecule has 27 heavy (non-hydrogen) atoms. The van der Waals surface area contributed by atoms with Gasteiger partial charge in [-0.15, -0.1) is 0 Å². The Morgan fingerprint density at radius 3 is 1.89 bits per heavy atom. The maximum Gasteiger partial charge on any atom is 0.428 e. The summed E-state index contributed by atoms with van der Waals surface area (Å²) in [5.74, 6) is -0.400. The Bertz CT molecular complexity index is 504. The number of aliphatic hydroxyl groups is 1. The van der Waals surface area contributed by atoms with Gasteiger partial charge in [0, 0.05) is 0 Å². The van der Waals surface area contributed by atoms with Gasteiger partial charge in [-0.1, -0.05) is 6.92 Å². The molecule has 0 aromatic heterocycles. The molecule has 0 saturated heterocycles. The van der Waals surface area contributed by atoms with Crippen LogP contribution in [0.15, 0.2) is 0 Å². The second-order valence-electron chi connectivity index (χ2n) is 7.94. The number of hydrogen-bond acceptors (Lipinski definition) is 4. The summed E-state index contributed by atoms with van der Waals surface area (Å²) in [5, 5.41) is 9.17. The predicted molar refractivity (Wildman–Crippen MR) is 83.8 cm³/mol. The summed E-state index contributed by atoms with van der Waals surface area (Å²) < 4.78 is 86.6. The van der Waals surface area contributed by atoms with Crippen LogP contribution >= 0.6 is 0 Å². The van der Waals surface area contributed by atoms with Crippen LogP contribution < -0.4 is 0 Å². The fraction of sp³-hybridized carbons (Fsp3) is 0.941. The van der Waals surface area contributed by atoms with Crippen molar-refractivity contribution in [2.75, 3.05) is 6.61 Å². The maximum atomic E-state index is 12.7. The van der Waals surface area contributed by atoms with Gasteiger partial charge >= 0.3 is 18.3 Å². The van der Waals surface area contributed by atoms with Crippen LogP contribution in [0.5, 0.6) is 0 Å². The number of hydrogen-bond donors (Lipinski definition) is 1. The zero-order chi connectivity index (χ0) is 21.3. The highest BCUT2D eigenvalue weighted by molar-refractivity contribution is 5.76. The zero-order valence-corrected chi connectivity index (χ0v) is 15.8. The van der Waals surface area contributed by atoms with E-state index in [9.17, 15) is 36.2 Å². The fourth-order valence-electron chi connectivity index (χ4n) is 2.52. The zero-order valence-electron chi connectivity index (χ0n) is 15.8. The van der Waals surface area contributed by atoms with Crippen molar-refractivity contribution in [1.29, 1.82) is 0 Å². The molecule has 0 heterocycles. The van der Waals surface area contributed by atoms with Crippen molar-refractivity contribution in [3.63, 3.8) is 0 Å². The molecule has 0 aliphatic heterocycles. The summed E-state index contributed by atoms with van der Waals surface area (Å²) in [5.41, 5.74) is -6.89.